The van der Waals surface area contributed by atoms with E-state index in [1.165, 1.54) is 0 Å². The number of H-pyrrole nitrogens is 1. The Hall–Kier alpha value is -1.36. The number of carbonyl (C=O) groups excluding carboxylic acids is 1. The Morgan fingerprint density at radius 1 is 1.58 bits per heavy atom. The van der Waals surface area contributed by atoms with Gasteiger partial charge in [-0.25, -0.2) is 4.98 Å². The molecule has 1 aromatic rings. The first-order valence-electron chi connectivity index (χ1n) is 3.82. The van der Waals surface area contributed by atoms with Crippen LogP contribution in [0.1, 0.15) is 18.8 Å². The fraction of sp³-hybridized carbons (Fsp3) is 0.429. The lowest BCUT2D eigenvalue weighted by Gasteiger charge is -2.06. The number of aromatic amines is 1. The van der Waals surface area contributed by atoms with Crippen LogP contribution in [-0.2, 0) is 4.79 Å². The number of carbonyl (C=O) groups is 1. The standard InChI is InChI=1S/C7H10N4O/c1-4-7(12)11-6(10-4)5-2-8-3-9-5/h2-4,6,10H,1H3,(H,8,9)(H,11,12). The van der Waals surface area contributed by atoms with Crippen LogP contribution < -0.4 is 10.6 Å². The van der Waals surface area contributed by atoms with Crippen LogP contribution in [0.25, 0.3) is 0 Å². The van der Waals surface area contributed by atoms with Gasteiger partial charge in [-0.15, -0.1) is 0 Å². The molecule has 0 aliphatic carbocycles. The lowest BCUT2D eigenvalue weighted by atomic mass is 10.3. The number of amides is 1. The van der Waals surface area contributed by atoms with Crippen molar-refractivity contribution in [2.45, 2.75) is 19.1 Å². The zero-order valence-electron chi connectivity index (χ0n) is 6.66. The molecular formula is C7H10N4O. The normalized spacial score (nSPS) is 28.9. The van der Waals surface area contributed by atoms with E-state index in [1.54, 1.807) is 12.5 Å². The zero-order chi connectivity index (χ0) is 8.55. The number of hydrogen-bond donors (Lipinski definition) is 3. The molecule has 2 atom stereocenters. The first-order chi connectivity index (χ1) is 5.77. The van der Waals surface area contributed by atoms with Crippen molar-refractivity contribution in [1.29, 1.82) is 0 Å². The maximum absolute atomic E-state index is 11.1. The molecule has 5 heteroatoms. The number of aromatic nitrogens is 2. The summed E-state index contributed by atoms with van der Waals surface area (Å²) < 4.78 is 0. The molecule has 1 aliphatic rings. The average Bonchev–Trinajstić information content (AvgIpc) is 2.61. The van der Waals surface area contributed by atoms with Gasteiger partial charge in [0.1, 0.15) is 6.17 Å². The maximum Gasteiger partial charge on any atom is 0.238 e. The Bertz CT molecular complexity index is 282. The Kier molecular flexibility index (Phi) is 1.58. The summed E-state index contributed by atoms with van der Waals surface area (Å²) in [5.41, 5.74) is 0.882. The highest BCUT2D eigenvalue weighted by molar-refractivity contribution is 5.83. The first kappa shape index (κ1) is 7.30. The molecule has 5 nitrogen and oxygen atoms in total. The summed E-state index contributed by atoms with van der Waals surface area (Å²) in [6.07, 6.45) is 3.16. The molecular weight excluding hydrogens is 156 g/mol. The van der Waals surface area contributed by atoms with Crippen LogP contribution in [-0.4, -0.2) is 21.9 Å². The average molecular weight is 166 g/mol. The minimum atomic E-state index is -0.127. The molecule has 0 radical (unpaired) electrons. The van der Waals surface area contributed by atoms with E-state index in [2.05, 4.69) is 20.6 Å². The van der Waals surface area contributed by atoms with E-state index in [0.717, 1.165) is 5.69 Å². The summed E-state index contributed by atoms with van der Waals surface area (Å²) in [4.78, 5) is 17.9. The van der Waals surface area contributed by atoms with Crippen molar-refractivity contribution in [2.24, 2.45) is 0 Å². The SMILES string of the molecule is CC1NC(c2cnc[nH]2)NC1=O. The summed E-state index contributed by atoms with van der Waals surface area (Å²) >= 11 is 0. The molecule has 2 unspecified atom stereocenters. The zero-order valence-corrected chi connectivity index (χ0v) is 6.66. The highest BCUT2D eigenvalue weighted by atomic mass is 16.2. The third kappa shape index (κ3) is 1.08. The van der Waals surface area contributed by atoms with Crippen LogP contribution in [0.4, 0.5) is 0 Å². The third-order valence-corrected chi connectivity index (χ3v) is 1.93. The number of nitrogens with one attached hydrogen (secondary N) is 3. The van der Waals surface area contributed by atoms with Gasteiger partial charge in [0.2, 0.25) is 5.91 Å². The topological polar surface area (TPSA) is 69.8 Å². The fourth-order valence-electron chi connectivity index (χ4n) is 1.23. The highest BCUT2D eigenvalue weighted by Gasteiger charge is 2.28. The van der Waals surface area contributed by atoms with E-state index in [9.17, 15) is 4.79 Å². The van der Waals surface area contributed by atoms with Gasteiger partial charge < -0.3 is 10.3 Å². The molecule has 2 rings (SSSR count). The fourth-order valence-corrected chi connectivity index (χ4v) is 1.23. The minimum Gasteiger partial charge on any atom is -0.346 e. The molecule has 1 saturated heterocycles. The number of rotatable bonds is 1. The lowest BCUT2D eigenvalue weighted by molar-refractivity contribution is -0.120. The van der Waals surface area contributed by atoms with E-state index in [4.69, 9.17) is 0 Å². The van der Waals surface area contributed by atoms with Crippen LogP contribution in [0.2, 0.25) is 0 Å². The van der Waals surface area contributed by atoms with Crippen LogP contribution >= 0.6 is 0 Å². The molecule has 1 aliphatic heterocycles. The minimum absolute atomic E-state index is 0.0228. The quantitative estimate of drug-likeness (QED) is 0.527. The number of nitrogens with zero attached hydrogens (tertiary/aromatic N) is 1. The van der Waals surface area contributed by atoms with Crippen molar-refractivity contribution < 1.29 is 4.79 Å². The summed E-state index contributed by atoms with van der Waals surface area (Å²) in [7, 11) is 0. The monoisotopic (exact) mass is 166 g/mol. The van der Waals surface area contributed by atoms with Crippen molar-refractivity contribution >= 4 is 5.91 Å². The molecule has 1 fully saturated rings. The summed E-state index contributed by atoms with van der Waals surface area (Å²) in [6, 6.07) is -0.127. The molecule has 0 aromatic carbocycles. The molecule has 64 valence electrons. The van der Waals surface area contributed by atoms with Crippen molar-refractivity contribution in [3.8, 4) is 0 Å². The van der Waals surface area contributed by atoms with Gasteiger partial charge in [-0.05, 0) is 6.92 Å². The second-order valence-electron chi connectivity index (χ2n) is 2.84. The Morgan fingerprint density at radius 3 is 2.92 bits per heavy atom. The van der Waals surface area contributed by atoms with Crippen LogP contribution in [0, 0.1) is 0 Å². The molecule has 0 bridgehead atoms. The van der Waals surface area contributed by atoms with Crippen molar-refractivity contribution in [3.05, 3.63) is 18.2 Å². The van der Waals surface area contributed by atoms with Crippen molar-refractivity contribution in [2.75, 3.05) is 0 Å². The van der Waals surface area contributed by atoms with Crippen LogP contribution in [0.3, 0.4) is 0 Å². The smallest absolute Gasteiger partial charge is 0.238 e. The largest absolute Gasteiger partial charge is 0.346 e. The number of imidazole rings is 1. The molecule has 1 amide bonds. The third-order valence-electron chi connectivity index (χ3n) is 1.93. The second kappa shape index (κ2) is 2.60. The van der Waals surface area contributed by atoms with E-state index in [0.29, 0.717) is 0 Å². The van der Waals surface area contributed by atoms with Crippen LogP contribution in [0.15, 0.2) is 12.5 Å². The van der Waals surface area contributed by atoms with Gasteiger partial charge in [-0.3, -0.25) is 10.1 Å². The van der Waals surface area contributed by atoms with Gasteiger partial charge in [0.05, 0.1) is 24.3 Å². The summed E-state index contributed by atoms with van der Waals surface area (Å²) in [6.45, 7) is 1.83. The van der Waals surface area contributed by atoms with E-state index >= 15 is 0 Å². The molecule has 2 heterocycles. The Balaban J connectivity index is 2.14. The summed E-state index contributed by atoms with van der Waals surface area (Å²) in [5.74, 6) is 0.0228. The predicted molar refractivity (Wildman–Crippen MR) is 42.1 cm³/mol. The van der Waals surface area contributed by atoms with Gasteiger partial charge in [-0.2, -0.15) is 0 Å². The van der Waals surface area contributed by atoms with E-state index in [1.807, 2.05) is 6.92 Å². The first-order valence-corrected chi connectivity index (χ1v) is 3.82. The molecule has 0 saturated carbocycles. The number of hydrogen-bond acceptors (Lipinski definition) is 3. The van der Waals surface area contributed by atoms with Crippen LogP contribution in [0.5, 0.6) is 0 Å². The van der Waals surface area contributed by atoms with Gasteiger partial charge in [0, 0.05) is 0 Å². The van der Waals surface area contributed by atoms with E-state index < -0.39 is 0 Å². The Morgan fingerprint density at radius 2 is 2.42 bits per heavy atom. The molecule has 0 spiro atoms. The van der Waals surface area contributed by atoms with Gasteiger partial charge in [-0.1, -0.05) is 0 Å². The van der Waals surface area contributed by atoms with Crippen molar-refractivity contribution in [1.82, 2.24) is 20.6 Å². The maximum atomic E-state index is 11.1. The Labute approximate surface area is 69.6 Å². The van der Waals surface area contributed by atoms with Gasteiger partial charge in [0.15, 0.2) is 0 Å². The highest BCUT2D eigenvalue weighted by Crippen LogP contribution is 2.11. The van der Waals surface area contributed by atoms with E-state index in [-0.39, 0.29) is 18.1 Å². The molecule has 12 heavy (non-hydrogen) atoms. The van der Waals surface area contributed by atoms with Gasteiger partial charge >= 0.3 is 0 Å². The summed E-state index contributed by atoms with van der Waals surface area (Å²) in [5, 5.41) is 5.86. The lowest BCUT2D eigenvalue weighted by Crippen LogP contribution is -2.24. The molecule has 1 aromatic heterocycles. The molecule has 3 N–H and O–H groups in total. The second-order valence-corrected chi connectivity index (χ2v) is 2.84. The van der Waals surface area contributed by atoms with Crippen molar-refractivity contribution in [3.63, 3.8) is 0 Å². The van der Waals surface area contributed by atoms with Gasteiger partial charge in [0.25, 0.3) is 0 Å². The predicted octanol–water partition coefficient (Wildman–Crippen LogP) is -0.484.